The van der Waals surface area contributed by atoms with Crippen molar-refractivity contribution in [1.82, 2.24) is 15.1 Å². The lowest BCUT2D eigenvalue weighted by Crippen LogP contribution is -2.60. The van der Waals surface area contributed by atoms with Crippen molar-refractivity contribution in [2.75, 3.05) is 31.1 Å². The number of fused-ring (bicyclic) bond motifs is 1. The van der Waals surface area contributed by atoms with Crippen molar-refractivity contribution in [3.05, 3.63) is 5.89 Å². The predicted octanol–water partition coefficient (Wildman–Crippen LogP) is 1.15. The van der Waals surface area contributed by atoms with Gasteiger partial charge in [-0.1, -0.05) is 11.5 Å². The van der Waals surface area contributed by atoms with Gasteiger partial charge in [-0.3, -0.25) is 4.79 Å². The first kappa shape index (κ1) is 14.9. The average molecular weight is 320 g/mol. The highest BCUT2D eigenvalue weighted by Gasteiger charge is 2.46. The lowest BCUT2D eigenvalue weighted by atomic mass is 9.76. The molecule has 1 saturated carbocycles. The fourth-order valence-electron chi connectivity index (χ4n) is 3.94. The van der Waals surface area contributed by atoms with Gasteiger partial charge in [-0.2, -0.15) is 0 Å². The molecule has 1 N–H and O–H groups in total. The van der Waals surface area contributed by atoms with Crippen LogP contribution in [0, 0.1) is 5.92 Å². The maximum absolute atomic E-state index is 11.6. The molecule has 7 nitrogen and oxygen atoms in total. The van der Waals surface area contributed by atoms with Crippen molar-refractivity contribution in [3.63, 3.8) is 0 Å². The van der Waals surface area contributed by atoms with Crippen LogP contribution in [0.2, 0.25) is 0 Å². The summed E-state index contributed by atoms with van der Waals surface area (Å²) in [5, 5.41) is 19.3. The average Bonchev–Trinajstić information content (AvgIpc) is 2.93. The first-order valence-electron chi connectivity index (χ1n) is 8.61. The van der Waals surface area contributed by atoms with E-state index in [2.05, 4.69) is 15.1 Å². The van der Waals surface area contributed by atoms with E-state index in [0.717, 1.165) is 25.3 Å². The van der Waals surface area contributed by atoms with Gasteiger partial charge in [0.25, 0.3) is 0 Å². The van der Waals surface area contributed by atoms with Crippen molar-refractivity contribution >= 4 is 11.9 Å². The van der Waals surface area contributed by atoms with Crippen LogP contribution in [0.15, 0.2) is 4.42 Å². The van der Waals surface area contributed by atoms with Crippen LogP contribution in [0.1, 0.15) is 50.8 Å². The van der Waals surface area contributed by atoms with Gasteiger partial charge < -0.3 is 19.3 Å². The summed E-state index contributed by atoms with van der Waals surface area (Å²) in [6.45, 7) is 4.22. The molecule has 23 heavy (non-hydrogen) atoms. The van der Waals surface area contributed by atoms with Gasteiger partial charge in [0.1, 0.15) is 0 Å². The van der Waals surface area contributed by atoms with E-state index in [4.69, 9.17) is 4.42 Å². The Morgan fingerprint density at radius 1 is 1.26 bits per heavy atom. The molecule has 4 rings (SSSR count). The molecule has 1 aliphatic carbocycles. The molecule has 2 saturated heterocycles. The standard InChI is InChI=1S/C16H24N4O3/c1-11(21)19-7-5-16(22)6-8-20(10-13(16)9-19)15-18-17-14(23-15)12-3-2-4-12/h12-13,22H,2-10H2,1H3/t13-,16-/m0/s1. The number of piperidine rings is 2. The molecule has 0 spiro atoms. The molecule has 1 aromatic rings. The summed E-state index contributed by atoms with van der Waals surface area (Å²) in [6, 6.07) is 0.564. The third kappa shape index (κ3) is 2.60. The quantitative estimate of drug-likeness (QED) is 0.880. The smallest absolute Gasteiger partial charge is 0.318 e. The van der Waals surface area contributed by atoms with Gasteiger partial charge in [-0.25, -0.2) is 0 Å². The van der Waals surface area contributed by atoms with E-state index in [1.54, 1.807) is 6.92 Å². The van der Waals surface area contributed by atoms with Gasteiger partial charge in [0, 0.05) is 44.9 Å². The van der Waals surface area contributed by atoms with Gasteiger partial charge in [0.05, 0.1) is 5.60 Å². The van der Waals surface area contributed by atoms with Gasteiger partial charge in [0.2, 0.25) is 11.8 Å². The molecule has 0 aromatic carbocycles. The highest BCUT2D eigenvalue weighted by molar-refractivity contribution is 5.73. The van der Waals surface area contributed by atoms with E-state index >= 15 is 0 Å². The number of likely N-dealkylation sites (tertiary alicyclic amines) is 1. The molecule has 7 heteroatoms. The number of hydrogen-bond donors (Lipinski definition) is 1. The second kappa shape index (κ2) is 5.47. The fourth-order valence-corrected chi connectivity index (χ4v) is 3.94. The Balaban J connectivity index is 1.47. The van der Waals surface area contributed by atoms with Crippen LogP contribution < -0.4 is 4.90 Å². The van der Waals surface area contributed by atoms with E-state index in [-0.39, 0.29) is 11.8 Å². The third-order valence-corrected chi connectivity index (χ3v) is 5.87. The van der Waals surface area contributed by atoms with Crippen LogP contribution >= 0.6 is 0 Å². The number of aliphatic hydroxyl groups is 1. The number of aromatic nitrogens is 2. The van der Waals surface area contributed by atoms with Crippen LogP contribution in [-0.4, -0.2) is 57.9 Å². The second-order valence-corrected chi connectivity index (χ2v) is 7.26. The molecule has 3 aliphatic rings. The van der Waals surface area contributed by atoms with Crippen molar-refractivity contribution in [2.24, 2.45) is 5.92 Å². The summed E-state index contributed by atoms with van der Waals surface area (Å²) in [5.41, 5.74) is -0.667. The molecule has 3 heterocycles. The zero-order chi connectivity index (χ0) is 16.0. The Kier molecular flexibility index (Phi) is 3.55. The lowest BCUT2D eigenvalue weighted by molar-refractivity contribution is -0.139. The van der Waals surface area contributed by atoms with Crippen molar-refractivity contribution in [2.45, 2.75) is 50.5 Å². The van der Waals surface area contributed by atoms with Crippen molar-refractivity contribution < 1.29 is 14.3 Å². The highest BCUT2D eigenvalue weighted by Crippen LogP contribution is 2.39. The Morgan fingerprint density at radius 2 is 2.04 bits per heavy atom. The minimum Gasteiger partial charge on any atom is -0.408 e. The molecule has 2 aliphatic heterocycles. The van der Waals surface area contributed by atoms with E-state index in [1.807, 2.05) is 4.90 Å². The van der Waals surface area contributed by atoms with E-state index in [1.165, 1.54) is 6.42 Å². The van der Waals surface area contributed by atoms with E-state index in [0.29, 0.717) is 44.4 Å². The molecule has 0 radical (unpaired) electrons. The van der Waals surface area contributed by atoms with Crippen LogP contribution in [0.4, 0.5) is 6.01 Å². The number of hydrogen-bond acceptors (Lipinski definition) is 6. The SMILES string of the molecule is CC(=O)N1CC[C@]2(O)CCN(c3nnc(C4CCC4)o3)C[C@@H]2C1. The number of carbonyl (C=O) groups is 1. The molecule has 3 fully saturated rings. The fraction of sp³-hybridized carbons (Fsp3) is 0.812. The number of anilines is 1. The van der Waals surface area contributed by atoms with Crippen LogP contribution in [0.3, 0.4) is 0 Å². The van der Waals surface area contributed by atoms with Crippen LogP contribution in [0.25, 0.3) is 0 Å². The maximum atomic E-state index is 11.6. The predicted molar refractivity (Wildman–Crippen MR) is 83.0 cm³/mol. The third-order valence-electron chi connectivity index (χ3n) is 5.87. The van der Waals surface area contributed by atoms with Crippen molar-refractivity contribution in [1.29, 1.82) is 0 Å². The minimum absolute atomic E-state index is 0.0351. The van der Waals surface area contributed by atoms with Gasteiger partial charge in [-0.05, 0) is 25.7 Å². The molecule has 0 unspecified atom stereocenters. The molecule has 2 atom stereocenters. The maximum Gasteiger partial charge on any atom is 0.318 e. The molecule has 0 bridgehead atoms. The van der Waals surface area contributed by atoms with Crippen molar-refractivity contribution in [3.8, 4) is 0 Å². The minimum atomic E-state index is -0.667. The molecule has 126 valence electrons. The van der Waals surface area contributed by atoms with Crippen LogP contribution in [-0.2, 0) is 4.79 Å². The first-order valence-corrected chi connectivity index (χ1v) is 8.61. The highest BCUT2D eigenvalue weighted by atomic mass is 16.4. The number of nitrogens with zero attached hydrogens (tertiary/aromatic N) is 4. The second-order valence-electron chi connectivity index (χ2n) is 7.26. The largest absolute Gasteiger partial charge is 0.408 e. The molecule has 1 amide bonds. The summed E-state index contributed by atoms with van der Waals surface area (Å²) in [4.78, 5) is 15.5. The van der Waals surface area contributed by atoms with Gasteiger partial charge in [-0.15, -0.1) is 5.10 Å². The Bertz CT molecular complexity index is 600. The van der Waals surface area contributed by atoms with Crippen LogP contribution in [0.5, 0.6) is 0 Å². The summed E-state index contributed by atoms with van der Waals surface area (Å²) in [6.07, 6.45) is 4.85. The Morgan fingerprint density at radius 3 is 2.74 bits per heavy atom. The zero-order valence-electron chi connectivity index (χ0n) is 13.6. The summed E-state index contributed by atoms with van der Waals surface area (Å²) < 4.78 is 5.86. The Labute approximate surface area is 135 Å². The normalized spacial score (nSPS) is 31.7. The lowest BCUT2D eigenvalue weighted by Gasteiger charge is -2.49. The topological polar surface area (TPSA) is 82.7 Å². The number of carbonyl (C=O) groups excluding carboxylic acids is 1. The zero-order valence-corrected chi connectivity index (χ0v) is 13.6. The number of amides is 1. The summed E-state index contributed by atoms with van der Waals surface area (Å²) in [5.74, 6) is 1.30. The van der Waals surface area contributed by atoms with Gasteiger partial charge >= 0.3 is 6.01 Å². The monoisotopic (exact) mass is 320 g/mol. The Hall–Kier alpha value is -1.63. The number of rotatable bonds is 2. The summed E-state index contributed by atoms with van der Waals surface area (Å²) in [7, 11) is 0. The van der Waals surface area contributed by atoms with E-state index in [9.17, 15) is 9.90 Å². The first-order chi connectivity index (χ1) is 11.0. The molecular formula is C16H24N4O3. The van der Waals surface area contributed by atoms with Gasteiger partial charge in [0.15, 0.2) is 0 Å². The summed E-state index contributed by atoms with van der Waals surface area (Å²) >= 11 is 0. The molecular weight excluding hydrogens is 296 g/mol. The van der Waals surface area contributed by atoms with E-state index < -0.39 is 5.60 Å². The molecule has 1 aromatic heterocycles.